The van der Waals surface area contributed by atoms with E-state index in [0.29, 0.717) is 12.3 Å². The summed E-state index contributed by atoms with van der Waals surface area (Å²) in [7, 11) is 0. The van der Waals surface area contributed by atoms with Crippen LogP contribution in [-0.4, -0.2) is 17.2 Å². The van der Waals surface area contributed by atoms with E-state index in [2.05, 4.69) is 24.0 Å². The van der Waals surface area contributed by atoms with Gasteiger partial charge in [-0.2, -0.15) is 0 Å². The van der Waals surface area contributed by atoms with Crippen LogP contribution in [0.5, 0.6) is 0 Å². The summed E-state index contributed by atoms with van der Waals surface area (Å²) in [4.78, 5) is 12.5. The molecule has 0 aromatic heterocycles. The van der Waals surface area contributed by atoms with Crippen molar-refractivity contribution in [1.82, 2.24) is 0 Å². The number of hydrogen-bond acceptors (Lipinski definition) is 5. The fraction of sp³-hybridized carbons (Fsp3) is 0.464. The highest BCUT2D eigenvalue weighted by atomic mass is 35.5. The van der Waals surface area contributed by atoms with Crippen molar-refractivity contribution in [3.8, 4) is 0 Å². The molecule has 3 N–H and O–H groups in total. The Labute approximate surface area is 220 Å². The SMILES string of the molecule is CC.CC.CC.CC.CC.CCOC(=O)/C=C/c1cc(SCc2ccccc2)ccc1N.OCl. The second-order valence-corrected chi connectivity index (χ2v) is 5.70. The predicted molar refractivity (Wildman–Crippen MR) is 157 cm³/mol. The molecule has 2 rings (SSSR count). The number of nitrogen functional groups attached to an aromatic ring is 1. The summed E-state index contributed by atoms with van der Waals surface area (Å²) >= 11 is 5.37. The standard InChI is InChI=1S/C18H19NO2S.5C2H6.ClHO/c1-2-21-18(20)11-8-15-12-16(9-10-17(15)19)22-13-14-6-4-3-5-7-14;6*1-2/h3-12H,2,13,19H2,1H3;5*1-2H3;2H/b11-8+;;;;;;. The Hall–Kier alpha value is -1.95. The zero-order valence-corrected chi connectivity index (χ0v) is 24.9. The second-order valence-electron chi connectivity index (χ2n) is 4.65. The van der Waals surface area contributed by atoms with E-state index >= 15 is 0 Å². The molecule has 198 valence electrons. The molecule has 0 heterocycles. The van der Waals surface area contributed by atoms with Gasteiger partial charge in [0.15, 0.2) is 0 Å². The lowest BCUT2D eigenvalue weighted by atomic mass is 10.1. The summed E-state index contributed by atoms with van der Waals surface area (Å²) in [6.45, 7) is 22.1. The lowest BCUT2D eigenvalue weighted by Crippen LogP contribution is -1.99. The van der Waals surface area contributed by atoms with Gasteiger partial charge in [-0.1, -0.05) is 99.6 Å². The Balaban J connectivity index is -0.000000203. The summed E-state index contributed by atoms with van der Waals surface area (Å²) in [6.07, 6.45) is 3.10. The van der Waals surface area contributed by atoms with Gasteiger partial charge in [0.1, 0.15) is 0 Å². The smallest absolute Gasteiger partial charge is 0.330 e. The van der Waals surface area contributed by atoms with E-state index in [1.807, 2.05) is 106 Å². The molecule has 4 nitrogen and oxygen atoms in total. The van der Waals surface area contributed by atoms with Crippen molar-refractivity contribution >= 4 is 41.4 Å². The molecule has 0 fully saturated rings. The molecule has 2 aromatic rings. The van der Waals surface area contributed by atoms with Crippen molar-refractivity contribution < 1.29 is 14.2 Å². The third-order valence-electron chi connectivity index (χ3n) is 2.99. The van der Waals surface area contributed by atoms with Gasteiger partial charge in [0.25, 0.3) is 0 Å². The first kappa shape index (κ1) is 42.2. The average molecular weight is 516 g/mol. The predicted octanol–water partition coefficient (Wildman–Crippen LogP) is 9.40. The molecule has 0 spiro atoms. The van der Waals surface area contributed by atoms with Gasteiger partial charge in [-0.05, 0) is 42.3 Å². The number of thioether (sulfide) groups is 1. The largest absolute Gasteiger partial charge is 0.463 e. The van der Waals surface area contributed by atoms with E-state index in [9.17, 15) is 4.79 Å². The first-order valence-corrected chi connectivity index (χ1v) is 13.6. The molecule has 0 aliphatic rings. The first-order valence-electron chi connectivity index (χ1n) is 12.3. The summed E-state index contributed by atoms with van der Waals surface area (Å²) in [5.74, 6) is 0.537. The molecule has 0 atom stereocenters. The molecule has 34 heavy (non-hydrogen) atoms. The molecule has 0 amide bonds. The molecule has 0 saturated heterocycles. The van der Waals surface area contributed by atoms with Crippen molar-refractivity contribution in [2.45, 2.75) is 86.8 Å². The normalized spacial score (nSPS) is 8.03. The quantitative estimate of drug-likeness (QED) is 0.173. The summed E-state index contributed by atoms with van der Waals surface area (Å²) < 4.78 is 11.3. The van der Waals surface area contributed by atoms with E-state index in [-0.39, 0.29) is 5.97 Å². The number of halogens is 1. The molecule has 0 saturated carbocycles. The Morgan fingerprint density at radius 1 is 0.912 bits per heavy atom. The van der Waals surface area contributed by atoms with Gasteiger partial charge < -0.3 is 10.5 Å². The van der Waals surface area contributed by atoms with Crippen LogP contribution in [0.4, 0.5) is 5.69 Å². The molecular formula is C28H50ClNO3S. The Kier molecular flexibility index (Phi) is 47.6. The molecule has 0 unspecified atom stereocenters. The van der Waals surface area contributed by atoms with Gasteiger partial charge >= 0.3 is 5.97 Å². The van der Waals surface area contributed by atoms with Crippen molar-refractivity contribution in [1.29, 1.82) is 0 Å². The molecular weight excluding hydrogens is 466 g/mol. The van der Waals surface area contributed by atoms with E-state index in [1.54, 1.807) is 24.8 Å². The van der Waals surface area contributed by atoms with Gasteiger partial charge in [-0.3, -0.25) is 4.66 Å². The van der Waals surface area contributed by atoms with Gasteiger partial charge in [0.2, 0.25) is 0 Å². The summed E-state index contributed by atoms with van der Waals surface area (Å²) in [6, 6.07) is 16.1. The number of esters is 1. The zero-order valence-electron chi connectivity index (χ0n) is 23.3. The van der Waals surface area contributed by atoms with E-state index < -0.39 is 0 Å². The topological polar surface area (TPSA) is 72.5 Å². The lowest BCUT2D eigenvalue weighted by Gasteiger charge is -2.06. The van der Waals surface area contributed by atoms with E-state index in [0.717, 1.165) is 16.2 Å². The maximum absolute atomic E-state index is 11.4. The number of nitrogens with two attached hydrogens (primary N) is 1. The summed E-state index contributed by atoms with van der Waals surface area (Å²) in [5, 5.41) is 0. The number of hydrogen-bond donors (Lipinski definition) is 2. The Morgan fingerprint density at radius 3 is 1.88 bits per heavy atom. The van der Waals surface area contributed by atoms with Crippen LogP contribution in [0.3, 0.4) is 0 Å². The average Bonchev–Trinajstić information content (AvgIpc) is 2.95. The van der Waals surface area contributed by atoms with Crippen molar-refractivity contribution in [3.05, 3.63) is 65.7 Å². The minimum Gasteiger partial charge on any atom is -0.463 e. The monoisotopic (exact) mass is 515 g/mol. The molecule has 0 bridgehead atoms. The number of carbonyl (C=O) groups excluding carboxylic acids is 1. The van der Waals surface area contributed by atoms with Gasteiger partial charge in [-0.15, -0.1) is 11.8 Å². The number of benzene rings is 2. The Morgan fingerprint density at radius 2 is 1.41 bits per heavy atom. The molecule has 2 aromatic carbocycles. The minimum absolute atomic E-state index is 0.357. The lowest BCUT2D eigenvalue weighted by molar-refractivity contribution is -0.137. The number of rotatable bonds is 6. The highest BCUT2D eigenvalue weighted by Gasteiger charge is 2.02. The van der Waals surface area contributed by atoms with Crippen molar-refractivity contribution in [2.75, 3.05) is 12.3 Å². The summed E-state index contributed by atoms with van der Waals surface area (Å²) in [5.41, 5.74) is 8.68. The van der Waals surface area contributed by atoms with Crippen LogP contribution in [0.2, 0.25) is 0 Å². The minimum atomic E-state index is -0.357. The van der Waals surface area contributed by atoms with Crippen LogP contribution < -0.4 is 5.73 Å². The van der Waals surface area contributed by atoms with E-state index in [1.165, 1.54) is 11.6 Å². The first-order chi connectivity index (χ1) is 16.7. The highest BCUT2D eigenvalue weighted by molar-refractivity contribution is 7.98. The Bertz CT molecular complexity index is 666. The number of anilines is 1. The maximum atomic E-state index is 11.4. The van der Waals surface area contributed by atoms with Crippen molar-refractivity contribution in [3.63, 3.8) is 0 Å². The van der Waals surface area contributed by atoms with Crippen LogP contribution in [0.15, 0.2) is 59.5 Å². The fourth-order valence-electron chi connectivity index (χ4n) is 1.88. The number of carbonyl (C=O) groups is 1. The third-order valence-corrected chi connectivity index (χ3v) is 4.06. The van der Waals surface area contributed by atoms with Gasteiger partial charge in [0.05, 0.1) is 18.5 Å². The highest BCUT2D eigenvalue weighted by Crippen LogP contribution is 2.26. The number of ether oxygens (including phenoxy) is 1. The molecule has 0 aliphatic heterocycles. The molecule has 0 radical (unpaired) electrons. The van der Waals surface area contributed by atoms with Crippen LogP contribution in [0.25, 0.3) is 6.08 Å². The van der Waals surface area contributed by atoms with Crippen LogP contribution in [-0.2, 0) is 15.3 Å². The van der Waals surface area contributed by atoms with Crippen molar-refractivity contribution in [2.24, 2.45) is 0 Å². The molecule has 6 heteroatoms. The van der Waals surface area contributed by atoms with Crippen LogP contribution >= 0.6 is 23.6 Å². The third kappa shape index (κ3) is 24.7. The van der Waals surface area contributed by atoms with Crippen LogP contribution in [0, 0.1) is 0 Å². The fourth-order valence-corrected chi connectivity index (χ4v) is 2.78. The van der Waals surface area contributed by atoms with Crippen LogP contribution in [0.1, 0.15) is 87.3 Å². The zero-order chi connectivity index (χ0) is 27.8. The van der Waals surface area contributed by atoms with Gasteiger partial charge in [-0.25, -0.2) is 4.79 Å². The molecule has 0 aliphatic carbocycles. The van der Waals surface area contributed by atoms with E-state index in [4.69, 9.17) is 15.1 Å². The second kappa shape index (κ2) is 38.3. The maximum Gasteiger partial charge on any atom is 0.330 e. The van der Waals surface area contributed by atoms with Gasteiger partial charge in [0, 0.05) is 22.4 Å².